The van der Waals surface area contributed by atoms with Crippen LogP contribution in [0.2, 0.25) is 0 Å². The Morgan fingerprint density at radius 1 is 1.17 bits per heavy atom. The van der Waals surface area contributed by atoms with Crippen LogP contribution in [0.1, 0.15) is 18.4 Å². The molecule has 0 unspecified atom stereocenters. The van der Waals surface area contributed by atoms with Crippen LogP contribution in [0, 0.1) is 0 Å². The topological polar surface area (TPSA) is 67.2 Å². The number of anilines is 2. The van der Waals surface area contributed by atoms with Crippen molar-refractivity contribution in [3.63, 3.8) is 0 Å². The molecule has 1 aromatic heterocycles. The number of benzene rings is 2. The number of hydrogen-bond acceptors (Lipinski definition) is 3. The molecule has 3 aromatic rings. The molecular formula is C23H22N4O2. The summed E-state index contributed by atoms with van der Waals surface area (Å²) in [5, 5.41) is 2.88. The summed E-state index contributed by atoms with van der Waals surface area (Å²) in [6.07, 6.45) is 8.41. The van der Waals surface area contributed by atoms with Crippen LogP contribution in [0.4, 0.5) is 11.4 Å². The highest BCUT2D eigenvalue weighted by molar-refractivity contribution is 6.02. The van der Waals surface area contributed by atoms with Crippen molar-refractivity contribution in [1.82, 2.24) is 9.55 Å². The lowest BCUT2D eigenvalue weighted by Crippen LogP contribution is -2.23. The molecule has 1 N–H and O–H groups in total. The van der Waals surface area contributed by atoms with E-state index in [2.05, 4.69) is 10.3 Å². The van der Waals surface area contributed by atoms with Crippen molar-refractivity contribution >= 4 is 29.3 Å². The molecule has 0 saturated carbocycles. The Hall–Kier alpha value is -3.67. The van der Waals surface area contributed by atoms with Crippen molar-refractivity contribution in [2.24, 2.45) is 7.05 Å². The fraction of sp³-hybridized carbons (Fsp3) is 0.174. The van der Waals surface area contributed by atoms with Gasteiger partial charge in [0.2, 0.25) is 11.8 Å². The standard InChI is InChI=1S/C23H22N4O2/c1-26-15-13-24-23(26)18-4-2-5-19(16-18)25-21(28)12-9-17-7-10-20(11-8-17)27-14-3-6-22(27)29/h2,4-5,7-13,15-16H,3,6,14H2,1H3,(H,25,28)/b12-9+. The number of carbonyl (C=O) groups is 2. The first-order valence-corrected chi connectivity index (χ1v) is 9.57. The van der Waals surface area contributed by atoms with Crippen LogP contribution in [-0.2, 0) is 16.6 Å². The summed E-state index contributed by atoms with van der Waals surface area (Å²) < 4.78 is 1.93. The van der Waals surface area contributed by atoms with Gasteiger partial charge in [-0.15, -0.1) is 0 Å². The molecule has 0 bridgehead atoms. The molecule has 1 aliphatic rings. The minimum Gasteiger partial charge on any atom is -0.334 e. The summed E-state index contributed by atoms with van der Waals surface area (Å²) in [5.74, 6) is 0.800. The van der Waals surface area contributed by atoms with Gasteiger partial charge in [-0.2, -0.15) is 0 Å². The second kappa shape index (κ2) is 8.14. The number of hydrogen-bond donors (Lipinski definition) is 1. The molecule has 0 atom stereocenters. The van der Waals surface area contributed by atoms with E-state index >= 15 is 0 Å². The van der Waals surface area contributed by atoms with Crippen LogP contribution in [0.15, 0.2) is 67.0 Å². The molecule has 1 saturated heterocycles. The summed E-state index contributed by atoms with van der Waals surface area (Å²) >= 11 is 0. The molecule has 4 rings (SSSR count). The van der Waals surface area contributed by atoms with Gasteiger partial charge in [0.25, 0.3) is 0 Å². The maximum atomic E-state index is 12.3. The fourth-order valence-electron chi connectivity index (χ4n) is 3.42. The van der Waals surface area contributed by atoms with E-state index in [0.29, 0.717) is 12.1 Å². The lowest BCUT2D eigenvalue weighted by molar-refractivity contribution is -0.117. The highest BCUT2D eigenvalue weighted by Gasteiger charge is 2.21. The van der Waals surface area contributed by atoms with Gasteiger partial charge in [0, 0.05) is 55.4 Å². The molecule has 0 spiro atoms. The van der Waals surface area contributed by atoms with Gasteiger partial charge < -0.3 is 14.8 Å². The third kappa shape index (κ3) is 4.27. The van der Waals surface area contributed by atoms with Gasteiger partial charge in [-0.3, -0.25) is 9.59 Å². The van der Waals surface area contributed by atoms with Gasteiger partial charge in [-0.05, 0) is 42.3 Å². The summed E-state index contributed by atoms with van der Waals surface area (Å²) in [6, 6.07) is 15.2. The van der Waals surface area contributed by atoms with Crippen molar-refractivity contribution in [3.05, 3.63) is 72.6 Å². The third-order valence-electron chi connectivity index (χ3n) is 4.91. The first-order valence-electron chi connectivity index (χ1n) is 9.57. The number of nitrogens with one attached hydrogen (secondary N) is 1. The monoisotopic (exact) mass is 386 g/mol. The Balaban J connectivity index is 1.40. The Morgan fingerprint density at radius 2 is 2.00 bits per heavy atom. The van der Waals surface area contributed by atoms with Crippen molar-refractivity contribution in [2.45, 2.75) is 12.8 Å². The molecule has 0 radical (unpaired) electrons. The molecule has 1 aliphatic heterocycles. The van der Waals surface area contributed by atoms with Gasteiger partial charge in [0.15, 0.2) is 0 Å². The predicted octanol–water partition coefficient (Wildman–Crippen LogP) is 3.87. The SMILES string of the molecule is Cn1ccnc1-c1cccc(NC(=O)/C=C/c2ccc(N3CCCC3=O)cc2)c1. The maximum Gasteiger partial charge on any atom is 0.248 e. The third-order valence-corrected chi connectivity index (χ3v) is 4.91. The smallest absolute Gasteiger partial charge is 0.248 e. The van der Waals surface area contributed by atoms with Crippen molar-refractivity contribution in [2.75, 3.05) is 16.8 Å². The van der Waals surface area contributed by atoms with E-state index in [-0.39, 0.29) is 11.8 Å². The van der Waals surface area contributed by atoms with Gasteiger partial charge >= 0.3 is 0 Å². The van der Waals surface area contributed by atoms with Gasteiger partial charge in [0.05, 0.1) is 0 Å². The second-order valence-corrected chi connectivity index (χ2v) is 7.01. The summed E-state index contributed by atoms with van der Waals surface area (Å²) in [4.78, 5) is 30.3. The number of aromatic nitrogens is 2. The Kier molecular flexibility index (Phi) is 5.24. The molecule has 2 aromatic carbocycles. The second-order valence-electron chi connectivity index (χ2n) is 7.01. The van der Waals surface area contributed by atoms with E-state index in [1.807, 2.05) is 66.3 Å². The van der Waals surface area contributed by atoms with Gasteiger partial charge in [-0.1, -0.05) is 24.3 Å². The zero-order valence-electron chi connectivity index (χ0n) is 16.2. The van der Waals surface area contributed by atoms with Gasteiger partial charge in [-0.25, -0.2) is 4.98 Å². The number of rotatable bonds is 5. The highest BCUT2D eigenvalue weighted by Crippen LogP contribution is 2.22. The summed E-state index contributed by atoms with van der Waals surface area (Å²) in [7, 11) is 1.93. The largest absolute Gasteiger partial charge is 0.334 e. The Bertz CT molecular complexity index is 1070. The Morgan fingerprint density at radius 3 is 2.69 bits per heavy atom. The fourth-order valence-corrected chi connectivity index (χ4v) is 3.42. The van der Waals surface area contributed by atoms with E-state index in [1.54, 1.807) is 17.2 Å². The van der Waals surface area contributed by atoms with E-state index in [0.717, 1.165) is 35.6 Å². The molecule has 2 heterocycles. The van der Waals surface area contributed by atoms with Crippen LogP contribution in [0.3, 0.4) is 0 Å². The van der Waals surface area contributed by atoms with E-state index in [1.165, 1.54) is 6.08 Å². The summed E-state index contributed by atoms with van der Waals surface area (Å²) in [5.41, 5.74) is 3.45. The van der Waals surface area contributed by atoms with Crippen LogP contribution in [0.25, 0.3) is 17.5 Å². The predicted molar refractivity (Wildman–Crippen MR) is 114 cm³/mol. The number of aryl methyl sites for hydroxylation is 1. The zero-order chi connectivity index (χ0) is 20.2. The van der Waals surface area contributed by atoms with E-state index in [9.17, 15) is 9.59 Å². The lowest BCUT2D eigenvalue weighted by atomic mass is 10.1. The molecule has 146 valence electrons. The van der Waals surface area contributed by atoms with Crippen molar-refractivity contribution < 1.29 is 9.59 Å². The number of nitrogens with zero attached hydrogens (tertiary/aromatic N) is 3. The minimum absolute atomic E-state index is 0.167. The number of amides is 2. The van der Waals surface area contributed by atoms with Crippen LogP contribution in [0.5, 0.6) is 0 Å². The normalized spacial score (nSPS) is 14.0. The highest BCUT2D eigenvalue weighted by atomic mass is 16.2. The molecular weight excluding hydrogens is 364 g/mol. The number of imidazole rings is 1. The Labute approximate surface area is 169 Å². The van der Waals surface area contributed by atoms with Crippen molar-refractivity contribution in [1.29, 1.82) is 0 Å². The molecule has 29 heavy (non-hydrogen) atoms. The van der Waals surface area contributed by atoms with Crippen LogP contribution in [-0.4, -0.2) is 27.9 Å². The quantitative estimate of drug-likeness (QED) is 0.677. The minimum atomic E-state index is -0.208. The molecule has 6 heteroatoms. The molecule has 1 fully saturated rings. The first-order chi connectivity index (χ1) is 14.1. The molecule has 2 amide bonds. The van der Waals surface area contributed by atoms with Gasteiger partial charge in [0.1, 0.15) is 5.82 Å². The van der Waals surface area contributed by atoms with Crippen molar-refractivity contribution in [3.8, 4) is 11.4 Å². The molecule has 0 aliphatic carbocycles. The lowest BCUT2D eigenvalue weighted by Gasteiger charge is -2.15. The average molecular weight is 386 g/mol. The van der Waals surface area contributed by atoms with Crippen LogP contribution < -0.4 is 10.2 Å². The molecule has 6 nitrogen and oxygen atoms in total. The first kappa shape index (κ1) is 18.7. The van der Waals surface area contributed by atoms with E-state index in [4.69, 9.17) is 0 Å². The average Bonchev–Trinajstić information content (AvgIpc) is 3.35. The van der Waals surface area contributed by atoms with E-state index < -0.39 is 0 Å². The maximum absolute atomic E-state index is 12.3. The zero-order valence-corrected chi connectivity index (χ0v) is 16.2. The van der Waals surface area contributed by atoms with Crippen LogP contribution >= 0.6 is 0 Å². The number of carbonyl (C=O) groups excluding carboxylic acids is 2. The summed E-state index contributed by atoms with van der Waals surface area (Å²) in [6.45, 7) is 0.772.